The summed E-state index contributed by atoms with van der Waals surface area (Å²) in [5.74, 6) is -0.491. The van der Waals surface area contributed by atoms with E-state index < -0.39 is 23.7 Å². The Balaban J connectivity index is 1.66. The molecule has 0 aliphatic rings. The van der Waals surface area contributed by atoms with Gasteiger partial charge in [0.05, 0.1) is 17.4 Å². The van der Waals surface area contributed by atoms with Gasteiger partial charge in [0, 0.05) is 22.8 Å². The van der Waals surface area contributed by atoms with Crippen LogP contribution in [0.3, 0.4) is 0 Å². The van der Waals surface area contributed by atoms with Crippen LogP contribution in [0, 0.1) is 0 Å². The Morgan fingerprint density at radius 1 is 1.20 bits per heavy atom. The number of allylic oxidation sites excluding steroid dienone is 1. The third-order valence-corrected chi connectivity index (χ3v) is 5.92. The second-order valence-corrected chi connectivity index (χ2v) is 8.74. The van der Waals surface area contributed by atoms with Gasteiger partial charge in [0.15, 0.2) is 11.0 Å². The molecule has 3 aromatic rings. The lowest BCUT2D eigenvalue weighted by Crippen LogP contribution is -2.28. The summed E-state index contributed by atoms with van der Waals surface area (Å²) in [6, 6.07) is 10.3. The summed E-state index contributed by atoms with van der Waals surface area (Å²) >= 11 is 6.92. The summed E-state index contributed by atoms with van der Waals surface area (Å²) in [5, 5.41) is 14.4. The van der Waals surface area contributed by atoms with Crippen molar-refractivity contribution in [2.45, 2.75) is 30.8 Å². The van der Waals surface area contributed by atoms with E-state index >= 15 is 0 Å². The number of hydrogen-bond donors (Lipinski definition) is 2. The first-order valence-electron chi connectivity index (χ1n) is 10.3. The van der Waals surface area contributed by atoms with Crippen LogP contribution in [0.2, 0.25) is 5.02 Å². The molecule has 0 saturated carbocycles. The van der Waals surface area contributed by atoms with E-state index in [-0.39, 0.29) is 17.3 Å². The molecule has 3 rings (SSSR count). The molecule has 0 spiro atoms. The van der Waals surface area contributed by atoms with Crippen LogP contribution in [0.5, 0.6) is 0 Å². The number of rotatable bonds is 9. The zero-order valence-corrected chi connectivity index (χ0v) is 20.0. The number of nitrogens with one attached hydrogen (secondary N) is 2. The minimum atomic E-state index is -4.51. The number of halogens is 4. The second kappa shape index (κ2) is 11.4. The summed E-state index contributed by atoms with van der Waals surface area (Å²) < 4.78 is 40.3. The predicted molar refractivity (Wildman–Crippen MR) is 128 cm³/mol. The Hall–Kier alpha value is -3.31. The van der Waals surface area contributed by atoms with Crippen molar-refractivity contribution in [2.24, 2.45) is 0 Å². The summed E-state index contributed by atoms with van der Waals surface area (Å²) in [6.45, 7) is 5.78. The van der Waals surface area contributed by atoms with Gasteiger partial charge in [-0.1, -0.05) is 35.5 Å². The maximum absolute atomic E-state index is 12.9. The molecule has 0 saturated heterocycles. The van der Waals surface area contributed by atoms with Crippen LogP contribution in [0.4, 0.5) is 18.9 Å². The topological polar surface area (TPSA) is 88.9 Å². The zero-order valence-electron chi connectivity index (χ0n) is 18.5. The number of anilines is 1. The number of hydrogen-bond acceptors (Lipinski definition) is 5. The van der Waals surface area contributed by atoms with E-state index in [9.17, 15) is 22.8 Å². The Morgan fingerprint density at radius 2 is 1.91 bits per heavy atom. The average Bonchev–Trinajstić information content (AvgIpc) is 3.20. The molecule has 0 bridgehead atoms. The Bertz CT molecular complexity index is 1210. The van der Waals surface area contributed by atoms with E-state index in [2.05, 4.69) is 27.4 Å². The predicted octanol–water partition coefficient (Wildman–Crippen LogP) is 5.36. The van der Waals surface area contributed by atoms with Crippen LogP contribution < -0.4 is 10.6 Å². The van der Waals surface area contributed by atoms with Crippen molar-refractivity contribution in [1.82, 2.24) is 20.1 Å². The van der Waals surface area contributed by atoms with Crippen LogP contribution in [-0.2, 0) is 17.5 Å². The van der Waals surface area contributed by atoms with Crippen molar-refractivity contribution in [1.29, 1.82) is 0 Å². The van der Waals surface area contributed by atoms with Crippen LogP contribution in [0.15, 0.2) is 66.3 Å². The normalized spacial score (nSPS) is 12.1. The summed E-state index contributed by atoms with van der Waals surface area (Å²) in [6.07, 6.45) is -2.89. The Morgan fingerprint density at radius 3 is 2.57 bits per heavy atom. The quantitative estimate of drug-likeness (QED) is 0.291. The van der Waals surface area contributed by atoms with Gasteiger partial charge in [-0.15, -0.1) is 16.8 Å². The van der Waals surface area contributed by atoms with Gasteiger partial charge in [-0.3, -0.25) is 9.59 Å². The molecule has 184 valence electrons. The van der Waals surface area contributed by atoms with Gasteiger partial charge in [-0.2, -0.15) is 13.2 Å². The number of carbonyl (C=O) groups excluding carboxylic acids is 2. The number of aromatic nitrogens is 3. The number of amides is 2. The number of benzene rings is 2. The largest absolute Gasteiger partial charge is 0.416 e. The molecule has 0 radical (unpaired) electrons. The molecule has 0 aliphatic heterocycles. The van der Waals surface area contributed by atoms with Gasteiger partial charge in [0.2, 0.25) is 5.91 Å². The fourth-order valence-electron chi connectivity index (χ4n) is 3.07. The van der Waals surface area contributed by atoms with Gasteiger partial charge in [-0.05, 0) is 49.4 Å². The van der Waals surface area contributed by atoms with Crippen molar-refractivity contribution in [3.8, 4) is 0 Å². The highest BCUT2D eigenvalue weighted by molar-refractivity contribution is 7.99. The van der Waals surface area contributed by atoms with E-state index in [1.807, 2.05) is 0 Å². The minimum Gasteiger partial charge on any atom is -0.342 e. The SMILES string of the molecule is C=CCn1c(SCC(=O)Nc2cccc(C(F)(F)F)c2)nnc1[C@@H](C)NC(=O)c1ccc(Cl)cc1. The maximum atomic E-state index is 12.9. The average molecular weight is 524 g/mol. The third kappa shape index (κ3) is 7.09. The molecule has 1 aromatic heterocycles. The first-order valence-corrected chi connectivity index (χ1v) is 11.6. The van der Waals surface area contributed by atoms with Crippen molar-refractivity contribution in [3.05, 3.63) is 83.2 Å². The molecule has 1 heterocycles. The highest BCUT2D eigenvalue weighted by Gasteiger charge is 2.30. The fraction of sp³-hybridized carbons (Fsp3) is 0.217. The number of alkyl halides is 3. The molecule has 1 atom stereocenters. The lowest BCUT2D eigenvalue weighted by molar-refractivity contribution is -0.137. The van der Waals surface area contributed by atoms with Crippen LogP contribution >= 0.6 is 23.4 Å². The third-order valence-electron chi connectivity index (χ3n) is 4.70. The number of thioether (sulfide) groups is 1. The Kier molecular flexibility index (Phi) is 8.57. The lowest BCUT2D eigenvalue weighted by Gasteiger charge is -2.15. The standard InChI is InChI=1S/C23H21ClF3N5O2S/c1-3-11-32-20(14(2)28-21(34)15-7-9-17(24)10-8-15)30-31-22(32)35-13-19(33)29-18-6-4-5-16(12-18)23(25,26)27/h3-10,12,14H,1,11,13H2,2H3,(H,28,34)(H,29,33)/t14-/m1/s1. The van der Waals surface area contributed by atoms with Gasteiger partial charge in [0.25, 0.3) is 5.91 Å². The lowest BCUT2D eigenvalue weighted by atomic mass is 10.2. The van der Waals surface area contributed by atoms with E-state index in [0.29, 0.717) is 28.1 Å². The van der Waals surface area contributed by atoms with Crippen molar-refractivity contribution < 1.29 is 22.8 Å². The molecule has 2 N–H and O–H groups in total. The van der Waals surface area contributed by atoms with Crippen molar-refractivity contribution in [3.63, 3.8) is 0 Å². The van der Waals surface area contributed by atoms with E-state index in [1.54, 1.807) is 41.8 Å². The molecule has 2 aromatic carbocycles. The van der Waals surface area contributed by atoms with Gasteiger partial charge < -0.3 is 15.2 Å². The molecule has 2 amide bonds. The highest BCUT2D eigenvalue weighted by atomic mass is 35.5. The molecular weight excluding hydrogens is 503 g/mol. The molecule has 0 aliphatic carbocycles. The Labute approximate surface area is 208 Å². The zero-order chi connectivity index (χ0) is 25.6. The van der Waals surface area contributed by atoms with Crippen LogP contribution in [-0.4, -0.2) is 32.3 Å². The molecular formula is C23H21ClF3N5O2S. The minimum absolute atomic E-state index is 0.0391. The first kappa shape index (κ1) is 26.3. The van der Waals surface area contributed by atoms with Crippen LogP contribution in [0.1, 0.15) is 34.7 Å². The van der Waals surface area contributed by atoms with Gasteiger partial charge in [-0.25, -0.2) is 0 Å². The summed E-state index contributed by atoms with van der Waals surface area (Å²) in [7, 11) is 0. The van der Waals surface area contributed by atoms with Crippen LogP contribution in [0.25, 0.3) is 0 Å². The molecule has 7 nitrogen and oxygen atoms in total. The number of nitrogens with zero attached hydrogens (tertiary/aromatic N) is 3. The molecule has 0 fully saturated rings. The van der Waals surface area contributed by atoms with Crippen molar-refractivity contribution >= 4 is 40.9 Å². The molecule has 0 unspecified atom stereocenters. The number of carbonyl (C=O) groups is 2. The monoisotopic (exact) mass is 523 g/mol. The molecule has 12 heteroatoms. The fourth-order valence-corrected chi connectivity index (χ4v) is 3.95. The van der Waals surface area contributed by atoms with E-state index in [4.69, 9.17) is 11.6 Å². The molecule has 35 heavy (non-hydrogen) atoms. The first-order chi connectivity index (χ1) is 16.6. The second-order valence-electron chi connectivity index (χ2n) is 7.36. The van der Waals surface area contributed by atoms with E-state index in [1.165, 1.54) is 12.1 Å². The van der Waals surface area contributed by atoms with Gasteiger partial charge in [0.1, 0.15) is 0 Å². The van der Waals surface area contributed by atoms with Gasteiger partial charge >= 0.3 is 6.18 Å². The smallest absolute Gasteiger partial charge is 0.342 e. The highest BCUT2D eigenvalue weighted by Crippen LogP contribution is 2.30. The summed E-state index contributed by atoms with van der Waals surface area (Å²) in [5.41, 5.74) is -0.387. The van der Waals surface area contributed by atoms with Crippen molar-refractivity contribution in [2.75, 3.05) is 11.1 Å². The maximum Gasteiger partial charge on any atom is 0.416 e. The summed E-state index contributed by atoms with van der Waals surface area (Å²) in [4.78, 5) is 24.9. The van der Waals surface area contributed by atoms with E-state index in [0.717, 1.165) is 23.9 Å².